The Morgan fingerprint density at radius 2 is 1.60 bits per heavy atom. The van der Waals surface area contributed by atoms with Gasteiger partial charge in [-0.1, -0.05) is 27.7 Å². The van der Waals surface area contributed by atoms with E-state index in [1.54, 1.807) is 0 Å². The van der Waals surface area contributed by atoms with E-state index < -0.39 is 0 Å². The normalized spacial score (nSPS) is 13.4. The molecular formula is C12H25NO2. The molecule has 3 heteroatoms. The Hall–Kier alpha value is -0.730. The fraction of sp³-hybridized carbons (Fsp3) is 0.917. The van der Waals surface area contributed by atoms with Gasteiger partial charge in [0, 0.05) is 12.5 Å². The van der Waals surface area contributed by atoms with E-state index in [9.17, 15) is 4.79 Å². The van der Waals surface area contributed by atoms with Crippen molar-refractivity contribution in [2.45, 2.75) is 47.6 Å². The second kappa shape index (κ2) is 6.70. The summed E-state index contributed by atoms with van der Waals surface area (Å²) in [6, 6.07) is 0. The zero-order chi connectivity index (χ0) is 12.0. The number of carbonyl (C=O) groups is 1. The average molecular weight is 215 g/mol. The smallest absolute Gasteiger partial charge is 0.407 e. The fourth-order valence-electron chi connectivity index (χ4n) is 2.29. The van der Waals surface area contributed by atoms with Gasteiger partial charge in [-0.15, -0.1) is 0 Å². The molecule has 3 nitrogen and oxygen atoms in total. The van der Waals surface area contributed by atoms with Gasteiger partial charge < -0.3 is 10.1 Å². The lowest BCUT2D eigenvalue weighted by atomic mass is 9.82. The van der Waals surface area contributed by atoms with Gasteiger partial charge >= 0.3 is 6.09 Å². The molecule has 0 rings (SSSR count). The Morgan fingerprint density at radius 1 is 1.13 bits per heavy atom. The molecule has 0 heterocycles. The molecular weight excluding hydrogens is 190 g/mol. The number of carbonyl (C=O) groups excluding carboxylic acids is 1. The maximum atomic E-state index is 11.3. The summed E-state index contributed by atoms with van der Waals surface area (Å²) >= 11 is 0. The second-order valence-corrected chi connectivity index (χ2v) is 4.71. The van der Waals surface area contributed by atoms with Crippen LogP contribution in [0.4, 0.5) is 4.79 Å². The summed E-state index contributed by atoms with van der Waals surface area (Å²) in [6.45, 7) is 13.1. The first-order chi connectivity index (χ1) is 6.90. The van der Waals surface area contributed by atoms with Gasteiger partial charge in [0.25, 0.3) is 0 Å². The SMILES string of the molecule is CCNC(=O)OC(C)C(C(C)C)C(C)C. The molecule has 0 aliphatic heterocycles. The van der Waals surface area contributed by atoms with Crippen LogP contribution in [0.15, 0.2) is 0 Å². The molecule has 0 saturated heterocycles. The molecule has 1 atom stereocenters. The number of alkyl carbamates (subject to hydrolysis) is 1. The van der Waals surface area contributed by atoms with Gasteiger partial charge in [-0.2, -0.15) is 0 Å². The molecule has 0 aromatic rings. The molecule has 0 spiro atoms. The Labute approximate surface area is 93.6 Å². The molecule has 0 radical (unpaired) electrons. The summed E-state index contributed by atoms with van der Waals surface area (Å²) in [7, 11) is 0. The van der Waals surface area contributed by atoms with Gasteiger partial charge in [-0.05, 0) is 25.7 Å². The Kier molecular flexibility index (Phi) is 6.37. The van der Waals surface area contributed by atoms with Crippen molar-refractivity contribution in [2.24, 2.45) is 17.8 Å². The van der Waals surface area contributed by atoms with Crippen LogP contribution in [0.2, 0.25) is 0 Å². The first-order valence-electron chi connectivity index (χ1n) is 5.84. The number of rotatable bonds is 5. The number of hydrogen-bond donors (Lipinski definition) is 1. The predicted molar refractivity (Wildman–Crippen MR) is 62.8 cm³/mol. The summed E-state index contributed by atoms with van der Waals surface area (Å²) in [5.74, 6) is 1.46. The highest BCUT2D eigenvalue weighted by Gasteiger charge is 2.26. The van der Waals surface area contributed by atoms with Crippen molar-refractivity contribution in [3.63, 3.8) is 0 Å². The van der Waals surface area contributed by atoms with Gasteiger partial charge in [0.2, 0.25) is 0 Å². The third-order valence-corrected chi connectivity index (χ3v) is 2.70. The van der Waals surface area contributed by atoms with Crippen molar-refractivity contribution in [2.75, 3.05) is 6.54 Å². The van der Waals surface area contributed by atoms with Crippen LogP contribution >= 0.6 is 0 Å². The van der Waals surface area contributed by atoms with Crippen molar-refractivity contribution in [3.8, 4) is 0 Å². The van der Waals surface area contributed by atoms with Crippen molar-refractivity contribution < 1.29 is 9.53 Å². The van der Waals surface area contributed by atoms with Crippen LogP contribution in [-0.4, -0.2) is 18.7 Å². The number of hydrogen-bond acceptors (Lipinski definition) is 2. The van der Waals surface area contributed by atoms with Crippen LogP contribution in [0.1, 0.15) is 41.5 Å². The molecule has 1 N–H and O–H groups in total. The largest absolute Gasteiger partial charge is 0.446 e. The van der Waals surface area contributed by atoms with Crippen molar-refractivity contribution in [1.82, 2.24) is 5.32 Å². The zero-order valence-corrected chi connectivity index (χ0v) is 10.8. The molecule has 15 heavy (non-hydrogen) atoms. The Balaban J connectivity index is 4.26. The predicted octanol–water partition coefficient (Wildman–Crippen LogP) is 3.05. The quantitative estimate of drug-likeness (QED) is 0.765. The molecule has 1 unspecified atom stereocenters. The number of ether oxygens (including phenoxy) is 1. The molecule has 0 fully saturated rings. The monoisotopic (exact) mass is 215 g/mol. The Bertz CT molecular complexity index is 182. The van der Waals surface area contributed by atoms with E-state index in [-0.39, 0.29) is 12.2 Å². The molecule has 90 valence electrons. The topological polar surface area (TPSA) is 38.3 Å². The van der Waals surface area contributed by atoms with Crippen LogP contribution in [0.25, 0.3) is 0 Å². The summed E-state index contributed by atoms with van der Waals surface area (Å²) in [5, 5.41) is 2.65. The summed E-state index contributed by atoms with van der Waals surface area (Å²) in [4.78, 5) is 11.3. The third-order valence-electron chi connectivity index (χ3n) is 2.70. The van der Waals surface area contributed by atoms with E-state index in [0.717, 1.165) is 0 Å². The standard InChI is InChI=1S/C12H25NO2/c1-7-13-12(14)15-10(6)11(8(2)3)9(4)5/h8-11H,7H2,1-6H3,(H,13,14). The first-order valence-corrected chi connectivity index (χ1v) is 5.84. The maximum Gasteiger partial charge on any atom is 0.407 e. The highest BCUT2D eigenvalue weighted by molar-refractivity contribution is 5.67. The molecule has 1 amide bonds. The summed E-state index contributed by atoms with van der Waals surface area (Å²) in [6.07, 6.45) is -0.340. The van der Waals surface area contributed by atoms with Crippen LogP contribution < -0.4 is 5.32 Å². The number of amides is 1. The van der Waals surface area contributed by atoms with Crippen LogP contribution in [0.5, 0.6) is 0 Å². The molecule has 0 aromatic heterocycles. The minimum Gasteiger partial charge on any atom is -0.446 e. The van der Waals surface area contributed by atoms with Crippen LogP contribution in [0.3, 0.4) is 0 Å². The van der Waals surface area contributed by atoms with Gasteiger partial charge in [0.05, 0.1) is 0 Å². The minimum absolute atomic E-state index is 0.0310. The minimum atomic E-state index is -0.309. The van der Waals surface area contributed by atoms with Crippen molar-refractivity contribution in [3.05, 3.63) is 0 Å². The fourth-order valence-corrected chi connectivity index (χ4v) is 2.29. The van der Waals surface area contributed by atoms with Gasteiger partial charge in [-0.3, -0.25) is 0 Å². The molecule has 0 aliphatic carbocycles. The highest BCUT2D eigenvalue weighted by atomic mass is 16.6. The van der Waals surface area contributed by atoms with E-state index in [1.807, 2.05) is 13.8 Å². The van der Waals surface area contributed by atoms with E-state index >= 15 is 0 Å². The summed E-state index contributed by atoms with van der Waals surface area (Å²) < 4.78 is 5.33. The van der Waals surface area contributed by atoms with Crippen molar-refractivity contribution >= 4 is 6.09 Å². The number of nitrogens with one attached hydrogen (secondary N) is 1. The van der Waals surface area contributed by atoms with E-state index in [0.29, 0.717) is 24.3 Å². The zero-order valence-electron chi connectivity index (χ0n) is 10.8. The lowest BCUT2D eigenvalue weighted by Crippen LogP contribution is -2.35. The van der Waals surface area contributed by atoms with Gasteiger partial charge in [-0.25, -0.2) is 4.79 Å². The lowest BCUT2D eigenvalue weighted by Gasteiger charge is -2.30. The highest BCUT2D eigenvalue weighted by Crippen LogP contribution is 2.25. The van der Waals surface area contributed by atoms with E-state index in [1.165, 1.54) is 0 Å². The molecule has 0 saturated carbocycles. The maximum absolute atomic E-state index is 11.3. The molecule has 0 aliphatic rings. The van der Waals surface area contributed by atoms with Crippen molar-refractivity contribution in [1.29, 1.82) is 0 Å². The first kappa shape index (κ1) is 14.3. The van der Waals surface area contributed by atoms with Gasteiger partial charge in [0.1, 0.15) is 6.10 Å². The van der Waals surface area contributed by atoms with Crippen LogP contribution in [0, 0.1) is 17.8 Å². The molecule has 0 bridgehead atoms. The van der Waals surface area contributed by atoms with E-state index in [4.69, 9.17) is 4.74 Å². The summed E-state index contributed by atoms with van der Waals surface area (Å²) in [5.41, 5.74) is 0. The van der Waals surface area contributed by atoms with Gasteiger partial charge in [0.15, 0.2) is 0 Å². The average Bonchev–Trinajstić information content (AvgIpc) is 2.01. The Morgan fingerprint density at radius 3 is 1.93 bits per heavy atom. The lowest BCUT2D eigenvalue weighted by molar-refractivity contribution is 0.0385. The third kappa shape index (κ3) is 5.05. The second-order valence-electron chi connectivity index (χ2n) is 4.71. The molecule has 0 aromatic carbocycles. The van der Waals surface area contributed by atoms with E-state index in [2.05, 4.69) is 33.0 Å². The van der Waals surface area contributed by atoms with Crippen LogP contribution in [-0.2, 0) is 4.74 Å².